The van der Waals surface area contributed by atoms with E-state index in [0.717, 1.165) is 5.56 Å². The van der Waals surface area contributed by atoms with Gasteiger partial charge in [0.25, 0.3) is 0 Å². The molecule has 1 atom stereocenters. The molecule has 0 aliphatic carbocycles. The monoisotopic (exact) mass is 230 g/mol. The van der Waals surface area contributed by atoms with Gasteiger partial charge in [-0.05, 0) is 26.3 Å². The standard InChI is InChI=1S/C13H14N2O2/c1-12(2,14-9-16)13(3,15-10-17)11-7-5-4-6-8-11/h4-8H,1-3H3. The first-order chi connectivity index (χ1) is 7.98. The van der Waals surface area contributed by atoms with Gasteiger partial charge >= 0.3 is 0 Å². The summed E-state index contributed by atoms with van der Waals surface area (Å²) in [5, 5.41) is 0. The van der Waals surface area contributed by atoms with Crippen molar-refractivity contribution in [3.8, 4) is 0 Å². The molecule has 0 amide bonds. The Morgan fingerprint density at radius 2 is 1.47 bits per heavy atom. The third-order valence-electron chi connectivity index (χ3n) is 3.12. The molecule has 0 fully saturated rings. The van der Waals surface area contributed by atoms with Crippen molar-refractivity contribution in [2.24, 2.45) is 9.98 Å². The zero-order valence-corrected chi connectivity index (χ0v) is 10.1. The fraction of sp³-hybridized carbons (Fsp3) is 0.385. The number of rotatable bonds is 4. The Bertz CT molecular complexity index is 483. The summed E-state index contributed by atoms with van der Waals surface area (Å²) in [6.07, 6.45) is 3.08. The maximum absolute atomic E-state index is 10.6. The highest BCUT2D eigenvalue weighted by molar-refractivity contribution is 5.42. The second kappa shape index (κ2) is 4.88. The average molecular weight is 230 g/mol. The molecule has 0 bridgehead atoms. The van der Waals surface area contributed by atoms with E-state index in [1.165, 1.54) is 6.08 Å². The molecule has 0 saturated carbocycles. The van der Waals surface area contributed by atoms with E-state index < -0.39 is 11.1 Å². The lowest BCUT2D eigenvalue weighted by atomic mass is 9.76. The Labute approximate surface area is 100 Å². The average Bonchev–Trinajstić information content (AvgIpc) is 2.30. The van der Waals surface area contributed by atoms with Crippen LogP contribution in [0.3, 0.4) is 0 Å². The topological polar surface area (TPSA) is 58.9 Å². The van der Waals surface area contributed by atoms with Crippen LogP contribution in [-0.4, -0.2) is 17.7 Å². The smallest absolute Gasteiger partial charge is 0.211 e. The first kappa shape index (κ1) is 13.0. The Balaban J connectivity index is 3.43. The first-order valence-electron chi connectivity index (χ1n) is 5.21. The molecule has 0 aliphatic heterocycles. The van der Waals surface area contributed by atoms with Crippen LogP contribution in [0.15, 0.2) is 40.3 Å². The molecule has 4 heteroatoms. The fourth-order valence-electron chi connectivity index (χ4n) is 1.63. The molecule has 17 heavy (non-hydrogen) atoms. The summed E-state index contributed by atoms with van der Waals surface area (Å²) in [6.45, 7) is 5.20. The predicted octanol–water partition coefficient (Wildman–Crippen LogP) is 2.35. The van der Waals surface area contributed by atoms with Gasteiger partial charge in [0.15, 0.2) is 0 Å². The summed E-state index contributed by atoms with van der Waals surface area (Å²) in [4.78, 5) is 28.7. The number of aliphatic imine (C=N–C) groups is 2. The molecule has 0 aromatic heterocycles. The minimum Gasteiger partial charge on any atom is -0.211 e. The summed E-state index contributed by atoms with van der Waals surface area (Å²) in [5.74, 6) is 0. The van der Waals surface area contributed by atoms with E-state index in [-0.39, 0.29) is 0 Å². The predicted molar refractivity (Wildman–Crippen MR) is 64.1 cm³/mol. The van der Waals surface area contributed by atoms with E-state index in [2.05, 4.69) is 9.98 Å². The minimum atomic E-state index is -0.937. The van der Waals surface area contributed by atoms with Crippen LogP contribution in [-0.2, 0) is 15.1 Å². The molecule has 0 heterocycles. The molecule has 1 unspecified atom stereocenters. The van der Waals surface area contributed by atoms with Gasteiger partial charge in [-0.15, -0.1) is 0 Å². The van der Waals surface area contributed by atoms with E-state index in [1.807, 2.05) is 30.3 Å². The van der Waals surface area contributed by atoms with E-state index in [4.69, 9.17) is 0 Å². The molecule has 1 aromatic rings. The number of nitrogens with zero attached hydrogens (tertiary/aromatic N) is 2. The highest BCUT2D eigenvalue weighted by Gasteiger charge is 2.43. The van der Waals surface area contributed by atoms with Crippen LogP contribution in [0.25, 0.3) is 0 Å². The Kier molecular flexibility index (Phi) is 3.74. The van der Waals surface area contributed by atoms with Crippen molar-refractivity contribution in [1.29, 1.82) is 0 Å². The third kappa shape index (κ3) is 2.39. The van der Waals surface area contributed by atoms with Crippen LogP contribution in [0.2, 0.25) is 0 Å². The van der Waals surface area contributed by atoms with Crippen molar-refractivity contribution < 1.29 is 9.59 Å². The zero-order valence-electron chi connectivity index (χ0n) is 10.1. The SMILES string of the molecule is CC(C)(N=C=O)C(C)(N=C=O)c1ccccc1. The van der Waals surface area contributed by atoms with Gasteiger partial charge in [-0.1, -0.05) is 30.3 Å². The van der Waals surface area contributed by atoms with Gasteiger partial charge in [0.1, 0.15) is 5.54 Å². The highest BCUT2D eigenvalue weighted by Crippen LogP contribution is 2.38. The van der Waals surface area contributed by atoms with Crippen molar-refractivity contribution in [2.45, 2.75) is 31.8 Å². The number of hydrogen-bond acceptors (Lipinski definition) is 4. The molecular formula is C13H14N2O2. The number of hydrogen-bond donors (Lipinski definition) is 0. The Morgan fingerprint density at radius 1 is 0.941 bits per heavy atom. The van der Waals surface area contributed by atoms with Crippen LogP contribution < -0.4 is 0 Å². The van der Waals surface area contributed by atoms with E-state index in [9.17, 15) is 9.59 Å². The molecule has 0 saturated heterocycles. The van der Waals surface area contributed by atoms with Crippen molar-refractivity contribution in [3.05, 3.63) is 35.9 Å². The van der Waals surface area contributed by atoms with Gasteiger partial charge < -0.3 is 0 Å². The van der Waals surface area contributed by atoms with Crippen molar-refractivity contribution in [2.75, 3.05) is 0 Å². The second-order valence-corrected chi connectivity index (χ2v) is 4.40. The summed E-state index contributed by atoms with van der Waals surface area (Å²) >= 11 is 0. The molecule has 0 spiro atoms. The second-order valence-electron chi connectivity index (χ2n) is 4.40. The molecule has 0 radical (unpaired) electrons. The normalized spacial score (nSPS) is 14.1. The molecule has 88 valence electrons. The van der Waals surface area contributed by atoms with E-state index >= 15 is 0 Å². The van der Waals surface area contributed by atoms with E-state index in [1.54, 1.807) is 26.9 Å². The molecule has 1 aromatic carbocycles. The summed E-state index contributed by atoms with van der Waals surface area (Å²) in [6, 6.07) is 9.22. The van der Waals surface area contributed by atoms with Crippen molar-refractivity contribution in [1.82, 2.24) is 0 Å². The van der Waals surface area contributed by atoms with Gasteiger partial charge in [0, 0.05) is 0 Å². The lowest BCUT2D eigenvalue weighted by Gasteiger charge is -2.36. The summed E-state index contributed by atoms with van der Waals surface area (Å²) < 4.78 is 0. The molecule has 4 nitrogen and oxygen atoms in total. The van der Waals surface area contributed by atoms with Crippen LogP contribution in [0.5, 0.6) is 0 Å². The Hall–Kier alpha value is -2.02. The van der Waals surface area contributed by atoms with E-state index in [0.29, 0.717) is 0 Å². The van der Waals surface area contributed by atoms with Crippen molar-refractivity contribution in [3.63, 3.8) is 0 Å². The molecule has 0 aliphatic rings. The lowest BCUT2D eigenvalue weighted by Crippen LogP contribution is -2.42. The van der Waals surface area contributed by atoms with Gasteiger partial charge in [-0.25, -0.2) is 9.59 Å². The molecular weight excluding hydrogens is 216 g/mol. The Morgan fingerprint density at radius 3 is 1.94 bits per heavy atom. The van der Waals surface area contributed by atoms with Crippen LogP contribution in [0, 0.1) is 0 Å². The lowest BCUT2D eigenvalue weighted by molar-refractivity contribution is 0.292. The van der Waals surface area contributed by atoms with Gasteiger partial charge in [-0.3, -0.25) is 0 Å². The van der Waals surface area contributed by atoms with Gasteiger partial charge in [0.2, 0.25) is 12.2 Å². The van der Waals surface area contributed by atoms with Gasteiger partial charge in [0.05, 0.1) is 5.54 Å². The number of isocyanates is 2. The fourth-order valence-corrected chi connectivity index (χ4v) is 1.63. The van der Waals surface area contributed by atoms with Crippen LogP contribution in [0.1, 0.15) is 26.3 Å². The first-order valence-corrected chi connectivity index (χ1v) is 5.21. The van der Waals surface area contributed by atoms with Crippen molar-refractivity contribution >= 4 is 12.2 Å². The maximum Gasteiger partial charge on any atom is 0.235 e. The molecule has 1 rings (SSSR count). The largest absolute Gasteiger partial charge is 0.235 e. The third-order valence-corrected chi connectivity index (χ3v) is 3.12. The zero-order chi connectivity index (χ0) is 12.9. The quantitative estimate of drug-likeness (QED) is 0.588. The van der Waals surface area contributed by atoms with Gasteiger partial charge in [-0.2, -0.15) is 9.98 Å². The number of benzene rings is 1. The summed E-state index contributed by atoms with van der Waals surface area (Å²) in [7, 11) is 0. The number of carbonyl (C=O) groups excluding carboxylic acids is 2. The highest BCUT2D eigenvalue weighted by atomic mass is 16.1. The maximum atomic E-state index is 10.6. The molecule has 0 N–H and O–H groups in total. The van der Waals surface area contributed by atoms with Crippen LogP contribution >= 0.6 is 0 Å². The van der Waals surface area contributed by atoms with Crippen LogP contribution in [0.4, 0.5) is 0 Å². The minimum absolute atomic E-state index is 0.798. The summed E-state index contributed by atoms with van der Waals surface area (Å²) in [5.41, 5.74) is -1.01.